The van der Waals surface area contributed by atoms with E-state index in [9.17, 15) is 4.79 Å². The average Bonchev–Trinajstić information content (AvgIpc) is 2.26. The van der Waals surface area contributed by atoms with Gasteiger partial charge in [0.15, 0.2) is 0 Å². The molecular weight excluding hydrogens is 210 g/mol. The van der Waals surface area contributed by atoms with Crippen molar-refractivity contribution in [2.45, 2.75) is 32.2 Å². The molecule has 1 unspecified atom stereocenters. The lowest BCUT2D eigenvalue weighted by atomic mass is 10.0. The second kappa shape index (κ2) is 5.89. The van der Waals surface area contributed by atoms with Crippen LogP contribution in [0.25, 0.3) is 0 Å². The number of halogens is 1. The van der Waals surface area contributed by atoms with Crippen LogP contribution in [0.1, 0.15) is 35.7 Å². The first-order valence-electron chi connectivity index (χ1n) is 5.17. The molecule has 1 atom stereocenters. The molecule has 0 aliphatic heterocycles. The number of carbonyl (C=O) groups excluding carboxylic acids is 1. The molecule has 0 saturated heterocycles. The quantitative estimate of drug-likeness (QED) is 0.784. The molecule has 0 aromatic heterocycles. The first-order chi connectivity index (χ1) is 7.13. The maximum absolute atomic E-state index is 10.8. The van der Waals surface area contributed by atoms with E-state index in [2.05, 4.69) is 6.92 Å². The van der Waals surface area contributed by atoms with Crippen LogP contribution in [-0.4, -0.2) is 11.3 Å². The summed E-state index contributed by atoms with van der Waals surface area (Å²) in [6.07, 6.45) is 2.93. The summed E-state index contributed by atoms with van der Waals surface area (Å²) < 4.78 is 0. The summed E-state index contributed by atoms with van der Waals surface area (Å²) in [5.41, 5.74) is 7.56. The van der Waals surface area contributed by atoms with E-state index in [0.717, 1.165) is 19.3 Å². The summed E-state index contributed by atoms with van der Waals surface area (Å²) in [5.74, 6) is 0. The van der Waals surface area contributed by atoms with Crippen molar-refractivity contribution in [2.24, 2.45) is 5.73 Å². The van der Waals surface area contributed by atoms with Crippen LogP contribution in [0.3, 0.4) is 0 Å². The van der Waals surface area contributed by atoms with E-state index < -0.39 is 5.24 Å². The zero-order valence-electron chi connectivity index (χ0n) is 8.87. The SMILES string of the molecule is CCC(N)CCc1ccc(C(=O)Cl)cc1. The molecule has 0 saturated carbocycles. The highest BCUT2D eigenvalue weighted by Gasteiger charge is 2.03. The van der Waals surface area contributed by atoms with E-state index in [1.54, 1.807) is 12.1 Å². The van der Waals surface area contributed by atoms with Gasteiger partial charge in [-0.15, -0.1) is 0 Å². The minimum atomic E-state index is -0.410. The van der Waals surface area contributed by atoms with Crippen LogP contribution in [0, 0.1) is 0 Å². The summed E-state index contributed by atoms with van der Waals surface area (Å²) in [5, 5.41) is -0.410. The van der Waals surface area contributed by atoms with Crippen LogP contribution >= 0.6 is 11.6 Å². The van der Waals surface area contributed by atoms with Crippen molar-refractivity contribution in [3.05, 3.63) is 35.4 Å². The molecule has 1 aromatic carbocycles. The van der Waals surface area contributed by atoms with Crippen LogP contribution in [-0.2, 0) is 6.42 Å². The van der Waals surface area contributed by atoms with Gasteiger partial charge in [0.05, 0.1) is 0 Å². The predicted octanol–water partition coefficient (Wildman–Crippen LogP) is 2.74. The Balaban J connectivity index is 2.53. The first-order valence-corrected chi connectivity index (χ1v) is 5.55. The lowest BCUT2D eigenvalue weighted by Crippen LogP contribution is -2.19. The van der Waals surface area contributed by atoms with Crippen molar-refractivity contribution in [1.29, 1.82) is 0 Å². The monoisotopic (exact) mass is 225 g/mol. The van der Waals surface area contributed by atoms with Crippen molar-refractivity contribution in [2.75, 3.05) is 0 Å². The van der Waals surface area contributed by atoms with E-state index in [4.69, 9.17) is 17.3 Å². The highest BCUT2D eigenvalue weighted by molar-refractivity contribution is 6.67. The van der Waals surface area contributed by atoms with Crippen LogP contribution in [0.4, 0.5) is 0 Å². The second-order valence-electron chi connectivity index (χ2n) is 3.68. The van der Waals surface area contributed by atoms with E-state index >= 15 is 0 Å². The van der Waals surface area contributed by atoms with E-state index in [1.807, 2.05) is 12.1 Å². The minimum absolute atomic E-state index is 0.263. The third-order valence-corrected chi connectivity index (χ3v) is 2.73. The molecule has 2 nitrogen and oxygen atoms in total. The Morgan fingerprint density at radius 3 is 2.47 bits per heavy atom. The number of carbonyl (C=O) groups is 1. The Bertz CT molecular complexity index is 321. The van der Waals surface area contributed by atoms with Gasteiger partial charge in [0, 0.05) is 11.6 Å². The summed E-state index contributed by atoms with van der Waals surface area (Å²) in [6.45, 7) is 2.08. The Hall–Kier alpha value is -0.860. The van der Waals surface area contributed by atoms with Crippen LogP contribution in [0.2, 0.25) is 0 Å². The number of benzene rings is 1. The Labute approximate surface area is 95.4 Å². The molecule has 2 N–H and O–H groups in total. The summed E-state index contributed by atoms with van der Waals surface area (Å²) >= 11 is 5.35. The molecule has 0 bridgehead atoms. The summed E-state index contributed by atoms with van der Waals surface area (Å²) in [4.78, 5) is 10.8. The molecule has 1 aromatic rings. The van der Waals surface area contributed by atoms with Crippen molar-refractivity contribution < 1.29 is 4.79 Å². The molecule has 0 heterocycles. The van der Waals surface area contributed by atoms with Gasteiger partial charge < -0.3 is 5.73 Å². The zero-order chi connectivity index (χ0) is 11.3. The Morgan fingerprint density at radius 2 is 2.00 bits per heavy atom. The van der Waals surface area contributed by atoms with Crippen molar-refractivity contribution in [3.8, 4) is 0 Å². The fourth-order valence-corrected chi connectivity index (χ4v) is 1.48. The summed E-state index contributed by atoms with van der Waals surface area (Å²) in [6, 6.07) is 7.62. The van der Waals surface area contributed by atoms with Gasteiger partial charge in [0.1, 0.15) is 0 Å². The highest BCUT2D eigenvalue weighted by atomic mass is 35.5. The van der Waals surface area contributed by atoms with Crippen LogP contribution in [0.15, 0.2) is 24.3 Å². The van der Waals surface area contributed by atoms with Crippen LogP contribution in [0.5, 0.6) is 0 Å². The Kier molecular flexibility index (Phi) is 4.79. The van der Waals surface area contributed by atoms with Crippen LogP contribution < -0.4 is 5.73 Å². The normalized spacial score (nSPS) is 12.5. The lowest BCUT2D eigenvalue weighted by molar-refractivity contribution is 0.108. The van der Waals surface area contributed by atoms with Gasteiger partial charge >= 0.3 is 0 Å². The number of hydrogen-bond donors (Lipinski definition) is 1. The van der Waals surface area contributed by atoms with Gasteiger partial charge in [0.25, 0.3) is 5.24 Å². The maximum Gasteiger partial charge on any atom is 0.252 e. The second-order valence-corrected chi connectivity index (χ2v) is 4.02. The topological polar surface area (TPSA) is 43.1 Å². The molecule has 0 fully saturated rings. The zero-order valence-corrected chi connectivity index (χ0v) is 9.63. The first kappa shape index (κ1) is 12.2. The van der Waals surface area contributed by atoms with Crippen molar-refractivity contribution in [1.82, 2.24) is 0 Å². The van der Waals surface area contributed by atoms with Crippen molar-refractivity contribution >= 4 is 16.8 Å². The van der Waals surface area contributed by atoms with Gasteiger partial charge in [-0.05, 0) is 48.6 Å². The van der Waals surface area contributed by atoms with Gasteiger partial charge in [0.2, 0.25) is 0 Å². The summed E-state index contributed by atoms with van der Waals surface area (Å²) in [7, 11) is 0. The van der Waals surface area contributed by atoms with Crippen molar-refractivity contribution in [3.63, 3.8) is 0 Å². The number of rotatable bonds is 5. The number of hydrogen-bond acceptors (Lipinski definition) is 2. The fourth-order valence-electron chi connectivity index (χ4n) is 1.36. The van der Waals surface area contributed by atoms with Gasteiger partial charge in [-0.25, -0.2) is 0 Å². The molecule has 3 heteroatoms. The third-order valence-electron chi connectivity index (χ3n) is 2.51. The predicted molar refractivity (Wildman–Crippen MR) is 63.2 cm³/mol. The van der Waals surface area contributed by atoms with Gasteiger partial charge in [-0.1, -0.05) is 19.1 Å². The molecule has 0 radical (unpaired) electrons. The molecule has 0 spiro atoms. The molecular formula is C12H16ClNO. The molecule has 82 valence electrons. The molecule has 0 amide bonds. The minimum Gasteiger partial charge on any atom is -0.328 e. The highest BCUT2D eigenvalue weighted by Crippen LogP contribution is 2.10. The lowest BCUT2D eigenvalue weighted by Gasteiger charge is -2.08. The molecule has 15 heavy (non-hydrogen) atoms. The average molecular weight is 226 g/mol. The molecule has 0 aliphatic carbocycles. The smallest absolute Gasteiger partial charge is 0.252 e. The maximum atomic E-state index is 10.8. The number of aryl methyl sites for hydroxylation is 1. The van der Waals surface area contributed by atoms with E-state index in [-0.39, 0.29) is 6.04 Å². The van der Waals surface area contributed by atoms with E-state index in [1.165, 1.54) is 5.56 Å². The van der Waals surface area contributed by atoms with E-state index in [0.29, 0.717) is 5.56 Å². The molecule has 0 aliphatic rings. The molecule has 1 rings (SSSR count). The number of nitrogens with two attached hydrogens (primary N) is 1. The fraction of sp³-hybridized carbons (Fsp3) is 0.417. The largest absolute Gasteiger partial charge is 0.328 e. The Morgan fingerprint density at radius 1 is 1.40 bits per heavy atom. The van der Waals surface area contributed by atoms with Gasteiger partial charge in [-0.3, -0.25) is 4.79 Å². The van der Waals surface area contributed by atoms with Gasteiger partial charge in [-0.2, -0.15) is 0 Å². The standard InChI is InChI=1S/C12H16ClNO/c1-2-11(14)8-5-9-3-6-10(7-4-9)12(13)15/h3-4,6-7,11H,2,5,8,14H2,1H3. The third kappa shape index (κ3) is 4.02.